The molecule has 1 saturated heterocycles. The van der Waals surface area contributed by atoms with Crippen molar-refractivity contribution in [2.75, 3.05) is 40.8 Å². The van der Waals surface area contributed by atoms with E-state index in [0.29, 0.717) is 5.92 Å². The predicted octanol–water partition coefficient (Wildman–Crippen LogP) is 0.599. The lowest BCUT2D eigenvalue weighted by Gasteiger charge is -2.31. The molecule has 0 saturated carbocycles. The van der Waals surface area contributed by atoms with Gasteiger partial charge in [-0.2, -0.15) is 0 Å². The molecule has 0 aliphatic carbocycles. The van der Waals surface area contributed by atoms with Crippen molar-refractivity contribution in [1.29, 1.82) is 0 Å². The standard InChI is InChI=1S/C10H21N3O/c1-11-10(14)13(3)8-9-4-6-12(2)7-5-9/h9H,4-8H2,1-3H3,(H,11,14). The number of hydrogen-bond donors (Lipinski definition) is 1. The molecule has 0 unspecified atom stereocenters. The van der Waals surface area contributed by atoms with Crippen molar-refractivity contribution in [3.63, 3.8) is 0 Å². The number of rotatable bonds is 2. The summed E-state index contributed by atoms with van der Waals surface area (Å²) in [6.45, 7) is 3.20. The van der Waals surface area contributed by atoms with Gasteiger partial charge in [-0.1, -0.05) is 0 Å². The van der Waals surface area contributed by atoms with Crippen LogP contribution in [0.1, 0.15) is 12.8 Å². The molecule has 14 heavy (non-hydrogen) atoms. The zero-order chi connectivity index (χ0) is 10.6. The largest absolute Gasteiger partial charge is 0.341 e. The number of nitrogens with one attached hydrogen (secondary N) is 1. The Balaban J connectivity index is 2.27. The average molecular weight is 199 g/mol. The van der Waals surface area contributed by atoms with Crippen LogP contribution < -0.4 is 5.32 Å². The van der Waals surface area contributed by atoms with Gasteiger partial charge in [-0.15, -0.1) is 0 Å². The highest BCUT2D eigenvalue weighted by molar-refractivity contribution is 5.73. The summed E-state index contributed by atoms with van der Waals surface area (Å²) in [6.07, 6.45) is 2.41. The van der Waals surface area contributed by atoms with Crippen LogP contribution in [-0.4, -0.2) is 56.6 Å². The normalized spacial score (nSPS) is 19.4. The SMILES string of the molecule is CNC(=O)N(C)CC1CCN(C)CC1. The van der Waals surface area contributed by atoms with E-state index in [1.165, 1.54) is 12.8 Å². The number of likely N-dealkylation sites (tertiary alicyclic amines) is 1. The van der Waals surface area contributed by atoms with Crippen molar-refractivity contribution in [1.82, 2.24) is 15.1 Å². The van der Waals surface area contributed by atoms with Crippen molar-refractivity contribution in [3.8, 4) is 0 Å². The molecule has 2 amide bonds. The molecule has 0 radical (unpaired) electrons. The van der Waals surface area contributed by atoms with E-state index in [4.69, 9.17) is 0 Å². The van der Waals surface area contributed by atoms with Crippen molar-refractivity contribution < 1.29 is 4.79 Å². The molecule has 1 heterocycles. The molecule has 1 aliphatic heterocycles. The Kier molecular flexibility index (Phi) is 4.20. The third-order valence-corrected chi connectivity index (χ3v) is 2.93. The highest BCUT2D eigenvalue weighted by atomic mass is 16.2. The van der Waals surface area contributed by atoms with Crippen molar-refractivity contribution in [2.24, 2.45) is 5.92 Å². The highest BCUT2D eigenvalue weighted by Gasteiger charge is 2.19. The van der Waals surface area contributed by atoms with Crippen LogP contribution in [0.5, 0.6) is 0 Å². The van der Waals surface area contributed by atoms with Gasteiger partial charge in [0.05, 0.1) is 0 Å². The van der Waals surface area contributed by atoms with Crippen molar-refractivity contribution >= 4 is 6.03 Å². The van der Waals surface area contributed by atoms with Crippen LogP contribution in [0.2, 0.25) is 0 Å². The van der Waals surface area contributed by atoms with Crippen LogP contribution >= 0.6 is 0 Å². The molecule has 1 aliphatic rings. The van der Waals surface area contributed by atoms with Gasteiger partial charge in [-0.25, -0.2) is 4.79 Å². The van der Waals surface area contributed by atoms with Gasteiger partial charge < -0.3 is 15.1 Å². The van der Waals surface area contributed by atoms with E-state index < -0.39 is 0 Å². The molecule has 4 heteroatoms. The minimum absolute atomic E-state index is 0.0175. The first-order chi connectivity index (χ1) is 6.63. The van der Waals surface area contributed by atoms with E-state index in [1.807, 2.05) is 7.05 Å². The molecule has 0 atom stereocenters. The lowest BCUT2D eigenvalue weighted by atomic mass is 9.97. The maximum Gasteiger partial charge on any atom is 0.316 e. The third kappa shape index (κ3) is 3.18. The minimum Gasteiger partial charge on any atom is -0.341 e. The lowest BCUT2D eigenvalue weighted by molar-refractivity contribution is 0.171. The Morgan fingerprint density at radius 3 is 2.57 bits per heavy atom. The number of nitrogens with zero attached hydrogens (tertiary/aromatic N) is 2. The summed E-state index contributed by atoms with van der Waals surface area (Å²) in [5.41, 5.74) is 0. The van der Waals surface area contributed by atoms with E-state index in [0.717, 1.165) is 19.6 Å². The summed E-state index contributed by atoms with van der Waals surface area (Å²) in [4.78, 5) is 15.4. The summed E-state index contributed by atoms with van der Waals surface area (Å²) in [5.74, 6) is 0.675. The Labute approximate surface area is 86.2 Å². The maximum atomic E-state index is 11.3. The molecule has 1 fully saturated rings. The smallest absolute Gasteiger partial charge is 0.316 e. The predicted molar refractivity (Wildman–Crippen MR) is 57.3 cm³/mol. The van der Waals surface area contributed by atoms with Gasteiger partial charge in [0.15, 0.2) is 0 Å². The van der Waals surface area contributed by atoms with Crippen LogP contribution in [0, 0.1) is 5.92 Å². The number of amides is 2. The fraction of sp³-hybridized carbons (Fsp3) is 0.900. The van der Waals surface area contributed by atoms with E-state index in [-0.39, 0.29) is 6.03 Å². The number of piperidine rings is 1. The zero-order valence-corrected chi connectivity index (χ0v) is 9.42. The highest BCUT2D eigenvalue weighted by Crippen LogP contribution is 2.16. The maximum absolute atomic E-state index is 11.3. The van der Waals surface area contributed by atoms with Crippen LogP contribution in [0.3, 0.4) is 0 Å². The Bertz CT molecular complexity index is 188. The fourth-order valence-corrected chi connectivity index (χ4v) is 1.91. The second kappa shape index (κ2) is 5.20. The Morgan fingerprint density at radius 1 is 1.50 bits per heavy atom. The van der Waals surface area contributed by atoms with E-state index in [2.05, 4.69) is 17.3 Å². The van der Waals surface area contributed by atoms with Gasteiger partial charge in [0.2, 0.25) is 0 Å². The summed E-state index contributed by atoms with van der Waals surface area (Å²) in [5, 5.41) is 2.64. The second-order valence-corrected chi connectivity index (χ2v) is 4.18. The number of urea groups is 1. The molecule has 1 rings (SSSR count). The van der Waals surface area contributed by atoms with Crippen LogP contribution in [0.15, 0.2) is 0 Å². The van der Waals surface area contributed by atoms with E-state index >= 15 is 0 Å². The quantitative estimate of drug-likeness (QED) is 0.707. The van der Waals surface area contributed by atoms with Gasteiger partial charge in [0.25, 0.3) is 0 Å². The molecule has 4 nitrogen and oxygen atoms in total. The van der Waals surface area contributed by atoms with Crippen molar-refractivity contribution in [3.05, 3.63) is 0 Å². The molecule has 1 N–H and O–H groups in total. The van der Waals surface area contributed by atoms with Gasteiger partial charge in [0.1, 0.15) is 0 Å². The molecular weight excluding hydrogens is 178 g/mol. The summed E-state index contributed by atoms with van der Waals surface area (Å²) >= 11 is 0. The van der Waals surface area contributed by atoms with Crippen molar-refractivity contribution in [2.45, 2.75) is 12.8 Å². The van der Waals surface area contributed by atoms with E-state index in [1.54, 1.807) is 11.9 Å². The molecule has 0 spiro atoms. The monoisotopic (exact) mass is 199 g/mol. The van der Waals surface area contributed by atoms with Gasteiger partial charge in [-0.3, -0.25) is 0 Å². The lowest BCUT2D eigenvalue weighted by Crippen LogP contribution is -2.41. The number of carbonyl (C=O) groups excluding carboxylic acids is 1. The average Bonchev–Trinajstić information content (AvgIpc) is 2.20. The molecule has 0 aromatic carbocycles. The molecule has 0 bridgehead atoms. The fourth-order valence-electron chi connectivity index (χ4n) is 1.91. The minimum atomic E-state index is 0.0175. The van der Waals surface area contributed by atoms with Crippen LogP contribution in [-0.2, 0) is 0 Å². The third-order valence-electron chi connectivity index (χ3n) is 2.93. The summed E-state index contributed by atoms with van der Waals surface area (Å²) in [6, 6.07) is 0.0175. The zero-order valence-electron chi connectivity index (χ0n) is 9.42. The Hall–Kier alpha value is -0.770. The molecule has 0 aromatic heterocycles. The Morgan fingerprint density at radius 2 is 2.07 bits per heavy atom. The number of hydrogen-bond acceptors (Lipinski definition) is 2. The van der Waals surface area contributed by atoms with Gasteiger partial charge in [0, 0.05) is 20.6 Å². The van der Waals surface area contributed by atoms with Gasteiger partial charge >= 0.3 is 6.03 Å². The first-order valence-corrected chi connectivity index (χ1v) is 5.25. The molecule has 0 aromatic rings. The first-order valence-electron chi connectivity index (χ1n) is 5.25. The van der Waals surface area contributed by atoms with Crippen LogP contribution in [0.25, 0.3) is 0 Å². The molecule has 82 valence electrons. The van der Waals surface area contributed by atoms with Crippen LogP contribution in [0.4, 0.5) is 4.79 Å². The first kappa shape index (κ1) is 11.3. The topological polar surface area (TPSA) is 35.6 Å². The van der Waals surface area contributed by atoms with Gasteiger partial charge in [-0.05, 0) is 38.9 Å². The summed E-state index contributed by atoms with van der Waals surface area (Å²) < 4.78 is 0. The second-order valence-electron chi connectivity index (χ2n) is 4.18. The summed E-state index contributed by atoms with van der Waals surface area (Å²) in [7, 11) is 5.68. The van der Waals surface area contributed by atoms with E-state index in [9.17, 15) is 4.79 Å². The number of carbonyl (C=O) groups is 1. The molecular formula is C10H21N3O.